The van der Waals surface area contributed by atoms with Crippen molar-refractivity contribution in [2.45, 2.75) is 23.8 Å². The standard InChI is InChI=1S/C11H14BrNS/c12-10-5-1-2-6-11(10)14-8-9-4-3-7-13-9/h1-2,5-6,9,13H,3-4,7-8H2. The van der Waals surface area contributed by atoms with Crippen LogP contribution < -0.4 is 5.32 Å². The summed E-state index contributed by atoms with van der Waals surface area (Å²) in [6.45, 7) is 1.20. The van der Waals surface area contributed by atoms with E-state index in [2.05, 4.69) is 45.5 Å². The molecule has 1 aliphatic heterocycles. The number of rotatable bonds is 3. The van der Waals surface area contributed by atoms with Gasteiger partial charge in [-0.15, -0.1) is 11.8 Å². The summed E-state index contributed by atoms with van der Waals surface area (Å²) in [6, 6.07) is 9.14. The van der Waals surface area contributed by atoms with E-state index >= 15 is 0 Å². The Balaban J connectivity index is 1.88. The first-order valence-corrected chi connectivity index (χ1v) is 6.75. The Bertz CT molecular complexity index is 297. The molecule has 0 aliphatic carbocycles. The minimum atomic E-state index is 0.715. The van der Waals surface area contributed by atoms with Crippen LogP contribution in [0.3, 0.4) is 0 Å². The van der Waals surface area contributed by atoms with Crippen LogP contribution >= 0.6 is 27.7 Å². The van der Waals surface area contributed by atoms with E-state index in [1.54, 1.807) is 0 Å². The van der Waals surface area contributed by atoms with Crippen LogP contribution in [0.2, 0.25) is 0 Å². The molecule has 1 unspecified atom stereocenters. The molecule has 14 heavy (non-hydrogen) atoms. The predicted octanol–water partition coefficient (Wildman–Crippen LogP) is 3.29. The van der Waals surface area contributed by atoms with Gasteiger partial charge in [-0.3, -0.25) is 0 Å². The van der Waals surface area contributed by atoms with Crippen LogP contribution in [0.1, 0.15) is 12.8 Å². The maximum atomic E-state index is 3.56. The van der Waals surface area contributed by atoms with Crippen LogP contribution in [0, 0.1) is 0 Å². The number of hydrogen-bond acceptors (Lipinski definition) is 2. The highest BCUT2D eigenvalue weighted by molar-refractivity contribution is 9.10. The van der Waals surface area contributed by atoms with Gasteiger partial charge in [0.1, 0.15) is 0 Å². The van der Waals surface area contributed by atoms with E-state index in [9.17, 15) is 0 Å². The summed E-state index contributed by atoms with van der Waals surface area (Å²) in [7, 11) is 0. The number of halogens is 1. The first kappa shape index (κ1) is 10.5. The molecule has 1 N–H and O–H groups in total. The molecule has 0 spiro atoms. The van der Waals surface area contributed by atoms with E-state index in [1.165, 1.54) is 34.5 Å². The van der Waals surface area contributed by atoms with Crippen molar-refractivity contribution in [3.8, 4) is 0 Å². The third kappa shape index (κ3) is 2.75. The van der Waals surface area contributed by atoms with Gasteiger partial charge in [0.15, 0.2) is 0 Å². The Hall–Kier alpha value is 0.01000. The minimum absolute atomic E-state index is 0.715. The molecular formula is C11H14BrNS. The molecule has 0 radical (unpaired) electrons. The van der Waals surface area contributed by atoms with Gasteiger partial charge in [0.25, 0.3) is 0 Å². The van der Waals surface area contributed by atoms with Gasteiger partial charge in [0, 0.05) is 21.2 Å². The summed E-state index contributed by atoms with van der Waals surface area (Å²) in [6.07, 6.45) is 2.67. The van der Waals surface area contributed by atoms with Crippen molar-refractivity contribution in [1.82, 2.24) is 5.32 Å². The van der Waals surface area contributed by atoms with E-state index in [1.807, 2.05) is 11.8 Å². The molecule has 3 heteroatoms. The molecule has 1 aliphatic rings. The van der Waals surface area contributed by atoms with Crippen molar-refractivity contribution in [1.29, 1.82) is 0 Å². The van der Waals surface area contributed by atoms with E-state index in [0.29, 0.717) is 6.04 Å². The Kier molecular flexibility index (Phi) is 3.90. The number of benzene rings is 1. The van der Waals surface area contributed by atoms with Crippen molar-refractivity contribution in [3.05, 3.63) is 28.7 Å². The van der Waals surface area contributed by atoms with Gasteiger partial charge in [0.05, 0.1) is 0 Å². The highest BCUT2D eigenvalue weighted by Crippen LogP contribution is 2.28. The van der Waals surface area contributed by atoms with Crippen LogP contribution in [0.4, 0.5) is 0 Å². The summed E-state index contributed by atoms with van der Waals surface area (Å²) in [5, 5.41) is 3.51. The molecule has 1 aromatic rings. The molecule has 2 rings (SSSR count). The highest BCUT2D eigenvalue weighted by Gasteiger charge is 2.14. The zero-order valence-corrected chi connectivity index (χ0v) is 10.4. The zero-order valence-electron chi connectivity index (χ0n) is 8.00. The molecule has 0 bridgehead atoms. The lowest BCUT2D eigenvalue weighted by Gasteiger charge is -2.09. The Morgan fingerprint density at radius 2 is 2.29 bits per heavy atom. The first-order valence-electron chi connectivity index (χ1n) is 4.97. The van der Waals surface area contributed by atoms with E-state index < -0.39 is 0 Å². The largest absolute Gasteiger partial charge is 0.313 e. The SMILES string of the molecule is Brc1ccccc1SCC1CCCN1. The van der Waals surface area contributed by atoms with E-state index in [4.69, 9.17) is 0 Å². The van der Waals surface area contributed by atoms with Gasteiger partial charge in [-0.2, -0.15) is 0 Å². The smallest absolute Gasteiger partial charge is 0.0311 e. The molecule has 1 aromatic carbocycles. The molecule has 1 heterocycles. The Morgan fingerprint density at radius 3 is 3.00 bits per heavy atom. The molecule has 1 fully saturated rings. The molecule has 1 nitrogen and oxygen atoms in total. The van der Waals surface area contributed by atoms with Crippen molar-refractivity contribution in [3.63, 3.8) is 0 Å². The lowest BCUT2D eigenvalue weighted by molar-refractivity contribution is 0.674. The molecular weight excluding hydrogens is 258 g/mol. The molecule has 0 aromatic heterocycles. The van der Waals surface area contributed by atoms with Gasteiger partial charge in [-0.05, 0) is 47.4 Å². The van der Waals surface area contributed by atoms with Gasteiger partial charge in [-0.1, -0.05) is 12.1 Å². The van der Waals surface area contributed by atoms with Crippen LogP contribution in [0.5, 0.6) is 0 Å². The van der Waals surface area contributed by atoms with Crippen LogP contribution in [0.15, 0.2) is 33.6 Å². The Labute approximate surface area is 97.8 Å². The maximum Gasteiger partial charge on any atom is 0.0311 e. The summed E-state index contributed by atoms with van der Waals surface area (Å²) >= 11 is 5.50. The average Bonchev–Trinajstić information content (AvgIpc) is 2.69. The molecule has 1 saturated heterocycles. The van der Waals surface area contributed by atoms with Gasteiger partial charge < -0.3 is 5.32 Å². The molecule has 76 valence electrons. The quantitative estimate of drug-likeness (QED) is 0.847. The van der Waals surface area contributed by atoms with Crippen LogP contribution in [0.25, 0.3) is 0 Å². The van der Waals surface area contributed by atoms with E-state index in [-0.39, 0.29) is 0 Å². The predicted molar refractivity (Wildman–Crippen MR) is 65.9 cm³/mol. The fourth-order valence-corrected chi connectivity index (χ4v) is 3.33. The van der Waals surface area contributed by atoms with Crippen LogP contribution in [-0.2, 0) is 0 Å². The van der Waals surface area contributed by atoms with Crippen molar-refractivity contribution in [2.75, 3.05) is 12.3 Å². The zero-order chi connectivity index (χ0) is 9.80. The lowest BCUT2D eigenvalue weighted by Crippen LogP contribution is -2.23. The molecule has 0 saturated carbocycles. The highest BCUT2D eigenvalue weighted by atomic mass is 79.9. The monoisotopic (exact) mass is 271 g/mol. The third-order valence-corrected chi connectivity index (χ3v) is 4.63. The van der Waals surface area contributed by atoms with Gasteiger partial charge in [0.2, 0.25) is 0 Å². The van der Waals surface area contributed by atoms with Gasteiger partial charge >= 0.3 is 0 Å². The number of thioether (sulfide) groups is 1. The Morgan fingerprint density at radius 1 is 1.43 bits per heavy atom. The summed E-state index contributed by atoms with van der Waals surface area (Å²) in [5.74, 6) is 1.18. The van der Waals surface area contributed by atoms with E-state index in [0.717, 1.165) is 0 Å². The summed E-state index contributed by atoms with van der Waals surface area (Å²) in [5.41, 5.74) is 0. The second kappa shape index (κ2) is 5.19. The van der Waals surface area contributed by atoms with Crippen LogP contribution in [-0.4, -0.2) is 18.3 Å². The van der Waals surface area contributed by atoms with Gasteiger partial charge in [-0.25, -0.2) is 0 Å². The second-order valence-electron chi connectivity index (χ2n) is 3.53. The normalized spacial score (nSPS) is 21.4. The first-order chi connectivity index (χ1) is 6.86. The summed E-state index contributed by atoms with van der Waals surface area (Å²) < 4.78 is 1.21. The maximum absolute atomic E-state index is 3.56. The topological polar surface area (TPSA) is 12.0 Å². The second-order valence-corrected chi connectivity index (χ2v) is 5.45. The fourth-order valence-electron chi connectivity index (χ4n) is 1.65. The number of nitrogens with one attached hydrogen (secondary N) is 1. The lowest BCUT2D eigenvalue weighted by atomic mass is 10.3. The molecule has 0 amide bonds. The minimum Gasteiger partial charge on any atom is -0.313 e. The third-order valence-electron chi connectivity index (χ3n) is 2.44. The number of hydrogen-bond donors (Lipinski definition) is 1. The molecule has 1 atom stereocenters. The summed E-state index contributed by atoms with van der Waals surface area (Å²) in [4.78, 5) is 1.35. The van der Waals surface area contributed by atoms with Crippen molar-refractivity contribution >= 4 is 27.7 Å². The average molecular weight is 272 g/mol. The van der Waals surface area contributed by atoms with Crippen molar-refractivity contribution in [2.24, 2.45) is 0 Å². The fraction of sp³-hybridized carbons (Fsp3) is 0.455. The van der Waals surface area contributed by atoms with Crippen molar-refractivity contribution < 1.29 is 0 Å².